The van der Waals surface area contributed by atoms with Gasteiger partial charge in [-0.05, 0) is 50.8 Å². The van der Waals surface area contributed by atoms with Crippen molar-refractivity contribution < 1.29 is 22.3 Å². The molecule has 1 saturated carbocycles. The predicted molar refractivity (Wildman–Crippen MR) is 140 cm³/mol. The lowest BCUT2D eigenvalue weighted by Crippen LogP contribution is -2.39. The second-order valence-corrected chi connectivity index (χ2v) is 10.3. The molecule has 4 aromatic rings. The maximum absolute atomic E-state index is 15.3. The number of imidazole rings is 1. The highest BCUT2D eigenvalue weighted by Crippen LogP contribution is 2.46. The zero-order chi connectivity index (χ0) is 28.2. The third kappa shape index (κ3) is 4.69. The molecule has 1 aliphatic heterocycles. The van der Waals surface area contributed by atoms with Crippen LogP contribution in [-0.2, 0) is 25.8 Å². The first kappa shape index (κ1) is 26.3. The molecule has 1 atom stereocenters. The molecule has 6 rings (SSSR count). The molecule has 4 heterocycles. The van der Waals surface area contributed by atoms with E-state index in [4.69, 9.17) is 9.84 Å². The van der Waals surface area contributed by atoms with E-state index in [0.717, 1.165) is 54.8 Å². The molecular weight excluding hydrogens is 526 g/mol. The van der Waals surface area contributed by atoms with Crippen LogP contribution in [0, 0.1) is 5.82 Å². The van der Waals surface area contributed by atoms with E-state index in [1.54, 1.807) is 20.1 Å². The minimum Gasteiger partial charge on any atom is -0.480 e. The lowest BCUT2D eigenvalue weighted by molar-refractivity contribution is -0.140. The average Bonchev–Trinajstić information content (AvgIpc) is 3.53. The van der Waals surface area contributed by atoms with Gasteiger partial charge in [0.05, 0.1) is 23.9 Å². The average molecular weight is 556 g/mol. The summed E-state index contributed by atoms with van der Waals surface area (Å²) in [6.07, 6.45) is 0.824. The van der Waals surface area contributed by atoms with Crippen LogP contribution in [0.5, 0.6) is 5.88 Å². The summed E-state index contributed by atoms with van der Waals surface area (Å²) in [5.41, 5.74) is 2.17. The van der Waals surface area contributed by atoms with E-state index >= 15 is 4.39 Å². The predicted octanol–water partition coefficient (Wildman–Crippen LogP) is 6.07. The summed E-state index contributed by atoms with van der Waals surface area (Å²) in [5.74, 6) is 1.09. The van der Waals surface area contributed by atoms with Crippen molar-refractivity contribution in [2.75, 3.05) is 12.0 Å². The number of ether oxygens (including phenoxy) is 1. The molecule has 12 heteroatoms. The van der Waals surface area contributed by atoms with Crippen molar-refractivity contribution in [3.05, 3.63) is 59.6 Å². The third-order valence-electron chi connectivity index (χ3n) is 7.63. The number of halogens is 4. The highest BCUT2D eigenvalue weighted by Gasteiger charge is 2.36. The van der Waals surface area contributed by atoms with E-state index in [0.29, 0.717) is 23.9 Å². The topological polar surface area (TPSA) is 73.9 Å². The molecule has 210 valence electrons. The van der Waals surface area contributed by atoms with Crippen molar-refractivity contribution in [1.82, 2.24) is 29.3 Å². The van der Waals surface area contributed by atoms with E-state index in [-0.39, 0.29) is 24.0 Å². The molecule has 2 aliphatic rings. The molecule has 0 bridgehead atoms. The van der Waals surface area contributed by atoms with Gasteiger partial charge in [0.15, 0.2) is 5.69 Å². The number of fused-ring (bicyclic) bond motifs is 1. The highest BCUT2D eigenvalue weighted by atomic mass is 19.4. The molecule has 1 unspecified atom stereocenters. The van der Waals surface area contributed by atoms with E-state index in [1.807, 2.05) is 10.7 Å². The normalized spacial score (nSPS) is 17.3. The number of rotatable bonds is 7. The number of benzene rings is 1. The second-order valence-electron chi connectivity index (χ2n) is 10.3. The summed E-state index contributed by atoms with van der Waals surface area (Å²) in [5, 5.41) is 4.88. The van der Waals surface area contributed by atoms with Gasteiger partial charge in [0.25, 0.3) is 0 Å². The molecule has 0 radical (unpaired) electrons. The Labute approximate surface area is 228 Å². The SMILES string of the molecule is CCn1cc(C(F)(F)F)nc1-c1ccc(CN2c3cc(-c4c(OC)ncnc4C4CC4)nn3CCC2C)cc1F. The fourth-order valence-corrected chi connectivity index (χ4v) is 5.34. The number of hydrogen-bond donors (Lipinski definition) is 0. The first-order valence-electron chi connectivity index (χ1n) is 13.3. The van der Waals surface area contributed by atoms with Gasteiger partial charge in [-0.3, -0.25) is 0 Å². The van der Waals surface area contributed by atoms with Crippen LogP contribution in [0.2, 0.25) is 0 Å². The fraction of sp³-hybridized carbons (Fsp3) is 0.429. The molecule has 40 heavy (non-hydrogen) atoms. The lowest BCUT2D eigenvalue weighted by Gasteiger charge is -2.35. The Morgan fingerprint density at radius 1 is 1.10 bits per heavy atom. The highest BCUT2D eigenvalue weighted by molar-refractivity contribution is 5.72. The Bertz CT molecular complexity index is 1560. The van der Waals surface area contributed by atoms with Gasteiger partial charge in [-0.15, -0.1) is 0 Å². The second kappa shape index (κ2) is 9.90. The summed E-state index contributed by atoms with van der Waals surface area (Å²) in [6, 6.07) is 6.78. The van der Waals surface area contributed by atoms with Crippen LogP contribution in [0.25, 0.3) is 22.6 Å². The van der Waals surface area contributed by atoms with Gasteiger partial charge < -0.3 is 14.2 Å². The van der Waals surface area contributed by atoms with E-state index in [2.05, 4.69) is 26.8 Å². The summed E-state index contributed by atoms with van der Waals surface area (Å²) in [6.45, 7) is 5.17. The molecule has 1 fully saturated rings. The first-order chi connectivity index (χ1) is 19.2. The maximum Gasteiger partial charge on any atom is 0.434 e. The Morgan fingerprint density at radius 3 is 2.58 bits per heavy atom. The van der Waals surface area contributed by atoms with E-state index in [1.165, 1.54) is 23.0 Å². The lowest BCUT2D eigenvalue weighted by atomic mass is 10.1. The Kier molecular flexibility index (Phi) is 6.50. The zero-order valence-corrected chi connectivity index (χ0v) is 22.4. The van der Waals surface area contributed by atoms with Crippen molar-refractivity contribution in [3.8, 4) is 28.5 Å². The minimum absolute atomic E-state index is 0.0314. The number of nitrogens with zero attached hydrogens (tertiary/aromatic N) is 7. The van der Waals surface area contributed by atoms with Gasteiger partial charge in [0, 0.05) is 43.9 Å². The first-order valence-corrected chi connectivity index (χ1v) is 13.3. The zero-order valence-electron chi connectivity index (χ0n) is 22.4. The van der Waals surface area contributed by atoms with Crippen LogP contribution < -0.4 is 9.64 Å². The monoisotopic (exact) mass is 555 g/mol. The summed E-state index contributed by atoms with van der Waals surface area (Å²) >= 11 is 0. The molecular formula is C28H29F4N7O. The van der Waals surface area contributed by atoms with Crippen molar-refractivity contribution in [2.45, 2.75) is 70.9 Å². The van der Waals surface area contributed by atoms with Gasteiger partial charge in [-0.1, -0.05) is 6.07 Å². The Hall–Kier alpha value is -3.96. The number of methoxy groups -OCH3 is 1. The van der Waals surface area contributed by atoms with Gasteiger partial charge in [-0.25, -0.2) is 24.0 Å². The molecule has 0 spiro atoms. The van der Waals surface area contributed by atoms with E-state index in [9.17, 15) is 13.2 Å². The molecule has 8 nitrogen and oxygen atoms in total. The van der Waals surface area contributed by atoms with Gasteiger partial charge in [0.2, 0.25) is 5.88 Å². The minimum atomic E-state index is -4.60. The summed E-state index contributed by atoms with van der Waals surface area (Å²) < 4.78 is 63.9. The number of aromatic nitrogens is 6. The van der Waals surface area contributed by atoms with Gasteiger partial charge in [-0.2, -0.15) is 18.3 Å². The van der Waals surface area contributed by atoms with Crippen molar-refractivity contribution in [1.29, 1.82) is 0 Å². The maximum atomic E-state index is 15.3. The molecule has 1 aliphatic carbocycles. The smallest absolute Gasteiger partial charge is 0.434 e. The Balaban J connectivity index is 1.32. The number of hydrogen-bond acceptors (Lipinski definition) is 6. The van der Waals surface area contributed by atoms with Gasteiger partial charge in [0.1, 0.15) is 29.5 Å². The molecule has 3 aromatic heterocycles. The molecule has 1 aromatic carbocycles. The van der Waals surface area contributed by atoms with Crippen LogP contribution in [0.1, 0.15) is 56.0 Å². The fourth-order valence-electron chi connectivity index (χ4n) is 5.34. The van der Waals surface area contributed by atoms with Crippen LogP contribution in [0.4, 0.5) is 23.4 Å². The van der Waals surface area contributed by atoms with Crippen molar-refractivity contribution in [3.63, 3.8) is 0 Å². The van der Waals surface area contributed by atoms with E-state index < -0.39 is 17.7 Å². The number of anilines is 1. The van der Waals surface area contributed by atoms with Crippen LogP contribution >= 0.6 is 0 Å². The van der Waals surface area contributed by atoms with Gasteiger partial charge >= 0.3 is 6.18 Å². The summed E-state index contributed by atoms with van der Waals surface area (Å²) in [7, 11) is 1.59. The molecule has 0 N–H and O–H groups in total. The quantitative estimate of drug-likeness (QED) is 0.258. The number of alkyl halides is 3. The molecule has 0 amide bonds. The molecule has 0 saturated heterocycles. The third-order valence-corrected chi connectivity index (χ3v) is 7.63. The van der Waals surface area contributed by atoms with Crippen LogP contribution in [0.3, 0.4) is 0 Å². The Morgan fingerprint density at radius 2 is 1.90 bits per heavy atom. The van der Waals surface area contributed by atoms with Crippen LogP contribution in [-0.4, -0.2) is 42.5 Å². The number of aryl methyl sites for hydroxylation is 2. The largest absolute Gasteiger partial charge is 0.480 e. The summed E-state index contributed by atoms with van der Waals surface area (Å²) in [4.78, 5) is 14.7. The standard InChI is InChI=1S/C28H29F4N7O/c1-4-37-14-22(28(30,31)32)35-26(37)19-8-5-17(11-20(19)29)13-38-16(2)9-10-39-23(38)12-21(36-39)24-25(18-6-7-18)33-15-34-27(24)40-3/h5,8,11-12,14-16,18H,4,6-7,9-10,13H2,1-3H3. The van der Waals surface area contributed by atoms with Crippen molar-refractivity contribution >= 4 is 5.82 Å². The van der Waals surface area contributed by atoms with Crippen molar-refractivity contribution in [2.24, 2.45) is 0 Å². The van der Waals surface area contributed by atoms with Crippen LogP contribution in [0.15, 0.2) is 36.8 Å².